The minimum absolute atomic E-state index is 0.274. The van der Waals surface area contributed by atoms with E-state index in [4.69, 9.17) is 12.2 Å². The molecule has 98 valence electrons. The molecule has 3 aromatic rings. The zero-order valence-electron chi connectivity index (χ0n) is 10.5. The van der Waals surface area contributed by atoms with Gasteiger partial charge in [-0.05, 0) is 44.3 Å². The predicted molar refractivity (Wildman–Crippen MR) is 85.4 cm³/mol. The maximum atomic E-state index is 5.49. The molecule has 3 nitrogen and oxygen atoms in total. The van der Waals surface area contributed by atoms with Gasteiger partial charge in [0.05, 0.1) is 16.6 Å². The summed E-state index contributed by atoms with van der Waals surface area (Å²) in [7, 11) is 0. The number of fused-ring (bicyclic) bond motifs is 1. The molecule has 0 saturated heterocycles. The van der Waals surface area contributed by atoms with Gasteiger partial charge in [0.15, 0.2) is 4.77 Å². The summed E-state index contributed by atoms with van der Waals surface area (Å²) in [6, 6.07) is 6.12. The molecule has 19 heavy (non-hydrogen) atoms. The highest BCUT2D eigenvalue weighted by molar-refractivity contribution is 9.10. The minimum atomic E-state index is -0.274. The Bertz CT molecular complexity index is 784. The smallest absolute Gasteiger partial charge is 0.178 e. The van der Waals surface area contributed by atoms with E-state index in [1.165, 1.54) is 0 Å². The number of hydrogen-bond acceptors (Lipinski definition) is 3. The van der Waals surface area contributed by atoms with Crippen molar-refractivity contribution in [2.24, 2.45) is 0 Å². The van der Waals surface area contributed by atoms with Crippen LogP contribution >= 0.6 is 39.5 Å². The Labute approximate surface area is 128 Å². The summed E-state index contributed by atoms with van der Waals surface area (Å²) in [6.45, 7) is 4.27. The predicted octanol–water partition coefficient (Wildman–Crippen LogP) is 4.70. The molecule has 0 fully saturated rings. The molecule has 0 amide bonds. The van der Waals surface area contributed by atoms with Gasteiger partial charge in [-0.1, -0.05) is 15.9 Å². The Hall–Kier alpha value is -0.980. The molecule has 1 aromatic carbocycles. The monoisotopic (exact) mass is 353 g/mol. The lowest BCUT2D eigenvalue weighted by Crippen LogP contribution is -2.27. The van der Waals surface area contributed by atoms with Crippen molar-refractivity contribution in [2.75, 3.05) is 0 Å². The third kappa shape index (κ3) is 2.07. The molecule has 0 aliphatic heterocycles. The summed E-state index contributed by atoms with van der Waals surface area (Å²) >= 11 is 10.7. The molecular formula is C13H12BrN3S2. The van der Waals surface area contributed by atoms with Crippen LogP contribution in [-0.4, -0.2) is 14.5 Å². The van der Waals surface area contributed by atoms with E-state index in [2.05, 4.69) is 50.4 Å². The number of rotatable bonds is 2. The average Bonchev–Trinajstić information content (AvgIpc) is 2.95. The fourth-order valence-electron chi connectivity index (χ4n) is 2.25. The van der Waals surface area contributed by atoms with Crippen molar-refractivity contribution in [1.82, 2.24) is 14.5 Å². The number of nitrogens with zero attached hydrogens (tertiary/aromatic N) is 2. The number of benzene rings is 1. The summed E-state index contributed by atoms with van der Waals surface area (Å²) in [6.07, 6.45) is 1.83. The molecule has 0 spiro atoms. The Kier molecular flexibility index (Phi) is 3.11. The van der Waals surface area contributed by atoms with Crippen LogP contribution in [-0.2, 0) is 5.54 Å². The number of halogens is 1. The standard InChI is InChI=1S/C13H12BrN3S2/c1-13(2,11-15-5-6-19-11)17-10-7-8(14)3-4-9(10)16-12(17)18/h3-7H,1-2H3,(H,16,18). The van der Waals surface area contributed by atoms with Crippen LogP contribution in [0.15, 0.2) is 34.2 Å². The van der Waals surface area contributed by atoms with Gasteiger partial charge in [0.2, 0.25) is 0 Å². The van der Waals surface area contributed by atoms with E-state index in [9.17, 15) is 0 Å². The Balaban J connectivity index is 2.33. The molecule has 3 rings (SSSR count). The van der Waals surface area contributed by atoms with E-state index in [0.29, 0.717) is 4.77 Å². The van der Waals surface area contributed by atoms with Crippen molar-refractivity contribution >= 4 is 50.5 Å². The molecule has 0 unspecified atom stereocenters. The lowest BCUT2D eigenvalue weighted by Gasteiger charge is -2.25. The van der Waals surface area contributed by atoms with Crippen molar-refractivity contribution in [3.63, 3.8) is 0 Å². The summed E-state index contributed by atoms with van der Waals surface area (Å²) < 4.78 is 3.88. The van der Waals surface area contributed by atoms with E-state index in [1.807, 2.05) is 23.7 Å². The first-order chi connectivity index (χ1) is 9.00. The summed E-state index contributed by atoms with van der Waals surface area (Å²) in [4.78, 5) is 7.70. The minimum Gasteiger partial charge on any atom is -0.331 e. The van der Waals surface area contributed by atoms with Gasteiger partial charge in [-0.3, -0.25) is 0 Å². The molecule has 0 aliphatic carbocycles. The van der Waals surface area contributed by atoms with Gasteiger partial charge in [-0.15, -0.1) is 11.3 Å². The zero-order valence-corrected chi connectivity index (χ0v) is 13.7. The number of aromatic amines is 1. The molecule has 6 heteroatoms. The van der Waals surface area contributed by atoms with E-state index in [1.54, 1.807) is 11.3 Å². The van der Waals surface area contributed by atoms with Crippen molar-refractivity contribution in [1.29, 1.82) is 0 Å². The summed E-state index contributed by atoms with van der Waals surface area (Å²) in [5.41, 5.74) is 1.85. The number of imidazole rings is 1. The maximum absolute atomic E-state index is 5.49. The van der Waals surface area contributed by atoms with Crippen LogP contribution in [0.2, 0.25) is 0 Å². The highest BCUT2D eigenvalue weighted by atomic mass is 79.9. The van der Waals surface area contributed by atoms with Gasteiger partial charge in [0.25, 0.3) is 0 Å². The fraction of sp³-hybridized carbons (Fsp3) is 0.231. The molecule has 0 bridgehead atoms. The molecule has 2 heterocycles. The van der Waals surface area contributed by atoms with Gasteiger partial charge in [0.1, 0.15) is 5.01 Å². The quantitative estimate of drug-likeness (QED) is 0.677. The SMILES string of the molecule is CC(C)(c1nccs1)n1c(=S)[nH]c2ccc(Br)cc21. The van der Waals surface area contributed by atoms with Crippen LogP contribution in [0.25, 0.3) is 11.0 Å². The van der Waals surface area contributed by atoms with Crippen LogP contribution < -0.4 is 0 Å². The molecule has 2 aromatic heterocycles. The van der Waals surface area contributed by atoms with E-state index < -0.39 is 0 Å². The van der Waals surface area contributed by atoms with Crippen molar-refractivity contribution < 1.29 is 0 Å². The lowest BCUT2D eigenvalue weighted by atomic mass is 10.1. The van der Waals surface area contributed by atoms with Gasteiger partial charge in [-0.2, -0.15) is 0 Å². The second kappa shape index (κ2) is 4.54. The van der Waals surface area contributed by atoms with Crippen LogP contribution in [0, 0.1) is 4.77 Å². The zero-order chi connectivity index (χ0) is 13.6. The van der Waals surface area contributed by atoms with Crippen LogP contribution in [0.1, 0.15) is 18.9 Å². The molecule has 0 radical (unpaired) electrons. The fourth-order valence-corrected chi connectivity index (χ4v) is 3.79. The Morgan fingerprint density at radius 1 is 1.42 bits per heavy atom. The Morgan fingerprint density at radius 2 is 2.21 bits per heavy atom. The third-order valence-electron chi connectivity index (χ3n) is 3.16. The molecule has 0 aliphatic rings. The number of H-pyrrole nitrogens is 1. The molecule has 0 saturated carbocycles. The second-order valence-corrected chi connectivity index (χ2v) is 7.02. The number of aromatic nitrogens is 3. The highest BCUT2D eigenvalue weighted by Gasteiger charge is 2.28. The van der Waals surface area contributed by atoms with Gasteiger partial charge in [0, 0.05) is 16.0 Å². The van der Waals surface area contributed by atoms with Crippen molar-refractivity contribution in [2.45, 2.75) is 19.4 Å². The largest absolute Gasteiger partial charge is 0.331 e. The van der Waals surface area contributed by atoms with Crippen molar-refractivity contribution in [3.8, 4) is 0 Å². The molecule has 1 N–H and O–H groups in total. The second-order valence-electron chi connectivity index (χ2n) is 4.82. The van der Waals surface area contributed by atoms with Crippen LogP contribution in [0.4, 0.5) is 0 Å². The first-order valence-electron chi connectivity index (χ1n) is 5.81. The number of hydrogen-bond donors (Lipinski definition) is 1. The number of thiazole rings is 1. The van der Waals surface area contributed by atoms with Crippen LogP contribution in [0.3, 0.4) is 0 Å². The topological polar surface area (TPSA) is 33.6 Å². The summed E-state index contributed by atoms with van der Waals surface area (Å²) in [5.74, 6) is 0. The van der Waals surface area contributed by atoms with Gasteiger partial charge >= 0.3 is 0 Å². The van der Waals surface area contributed by atoms with Gasteiger partial charge < -0.3 is 9.55 Å². The first-order valence-corrected chi connectivity index (χ1v) is 7.89. The van der Waals surface area contributed by atoms with E-state index in [0.717, 1.165) is 20.5 Å². The normalized spacial score (nSPS) is 12.2. The first kappa shape index (κ1) is 13.0. The Morgan fingerprint density at radius 3 is 2.89 bits per heavy atom. The number of nitrogens with one attached hydrogen (secondary N) is 1. The van der Waals surface area contributed by atoms with E-state index in [-0.39, 0.29) is 5.54 Å². The summed E-state index contributed by atoms with van der Waals surface area (Å²) in [5, 5.41) is 3.04. The van der Waals surface area contributed by atoms with Crippen molar-refractivity contribution in [3.05, 3.63) is 44.0 Å². The molecular weight excluding hydrogens is 342 g/mol. The highest BCUT2D eigenvalue weighted by Crippen LogP contribution is 2.32. The van der Waals surface area contributed by atoms with Crippen LogP contribution in [0.5, 0.6) is 0 Å². The van der Waals surface area contributed by atoms with Gasteiger partial charge in [-0.25, -0.2) is 4.98 Å². The average molecular weight is 354 g/mol. The maximum Gasteiger partial charge on any atom is 0.178 e. The molecule has 0 atom stereocenters. The lowest BCUT2D eigenvalue weighted by molar-refractivity contribution is 0.441. The third-order valence-corrected chi connectivity index (χ3v) is 5.02. The van der Waals surface area contributed by atoms with E-state index >= 15 is 0 Å².